The molecule has 0 unspecified atom stereocenters. The maximum absolute atomic E-state index is 14.1. The van der Waals surface area contributed by atoms with E-state index in [2.05, 4.69) is 15.3 Å². The van der Waals surface area contributed by atoms with E-state index >= 15 is 0 Å². The van der Waals surface area contributed by atoms with E-state index < -0.39 is 42.1 Å². The van der Waals surface area contributed by atoms with Crippen molar-refractivity contribution in [2.75, 3.05) is 5.32 Å². The molecule has 9 nitrogen and oxygen atoms in total. The van der Waals surface area contributed by atoms with E-state index in [0.29, 0.717) is 33.6 Å². The van der Waals surface area contributed by atoms with E-state index in [9.17, 15) is 28.6 Å². The summed E-state index contributed by atoms with van der Waals surface area (Å²) in [5, 5.41) is 32.5. The standard InChI is InChI=1S/C32H34F2N4O5/c1-18(2)38-26(13-12-24(39)16-25(40)17-27(41)42)28(20-4-8-22(33)9-5-20)29(21-6-10-23(34)11-7-21)30(38)31(43)37-32-35-15-14-19(3)36-32/h4-11,14-15,18,24-25,39-40H,12-13,16-17H2,1-3H3,(H,41,42)(H,35,36,37,43)/t24-,25-/m1/s1. The SMILES string of the molecule is Cc1ccnc(NC(=O)c2c(-c3ccc(F)cc3)c(-c3ccc(F)cc3)c(CC[C@@H](O)C[C@@H](O)CC(=O)O)n2C(C)C)n1. The molecular formula is C32H34F2N4O5. The van der Waals surface area contributed by atoms with E-state index in [4.69, 9.17) is 5.11 Å². The molecule has 0 saturated heterocycles. The minimum Gasteiger partial charge on any atom is -0.481 e. The van der Waals surface area contributed by atoms with Crippen LogP contribution in [-0.2, 0) is 11.2 Å². The number of nitrogens with zero attached hydrogens (tertiary/aromatic N) is 3. The van der Waals surface area contributed by atoms with E-state index in [-0.39, 0.29) is 36.9 Å². The first-order valence-electron chi connectivity index (χ1n) is 13.9. The Kier molecular flexibility index (Phi) is 9.99. The zero-order chi connectivity index (χ0) is 31.3. The van der Waals surface area contributed by atoms with Gasteiger partial charge in [-0.2, -0.15) is 0 Å². The summed E-state index contributed by atoms with van der Waals surface area (Å²) in [5.74, 6) is -2.51. The van der Waals surface area contributed by atoms with Crippen molar-refractivity contribution in [2.24, 2.45) is 0 Å². The maximum Gasteiger partial charge on any atom is 0.305 e. The molecule has 0 saturated carbocycles. The molecule has 11 heteroatoms. The summed E-state index contributed by atoms with van der Waals surface area (Å²) in [7, 11) is 0. The van der Waals surface area contributed by atoms with Crippen molar-refractivity contribution >= 4 is 17.8 Å². The Hall–Kier alpha value is -4.48. The zero-order valence-corrected chi connectivity index (χ0v) is 24.1. The molecule has 0 aliphatic carbocycles. The molecule has 2 aromatic carbocycles. The summed E-state index contributed by atoms with van der Waals surface area (Å²) in [6.45, 7) is 5.54. The molecule has 43 heavy (non-hydrogen) atoms. The van der Waals surface area contributed by atoms with Crippen LogP contribution >= 0.6 is 0 Å². The summed E-state index contributed by atoms with van der Waals surface area (Å²) in [6.07, 6.45) is -1.05. The highest BCUT2D eigenvalue weighted by atomic mass is 19.1. The van der Waals surface area contributed by atoms with Crippen molar-refractivity contribution in [1.82, 2.24) is 14.5 Å². The smallest absolute Gasteiger partial charge is 0.305 e. The van der Waals surface area contributed by atoms with Crippen molar-refractivity contribution in [2.45, 2.75) is 64.7 Å². The third-order valence-electron chi connectivity index (χ3n) is 6.99. The van der Waals surface area contributed by atoms with E-state index in [0.717, 1.165) is 0 Å². The van der Waals surface area contributed by atoms with Gasteiger partial charge in [-0.15, -0.1) is 0 Å². The number of carbonyl (C=O) groups excluding carboxylic acids is 1. The lowest BCUT2D eigenvalue weighted by atomic mass is 9.92. The number of hydrogen-bond acceptors (Lipinski definition) is 6. The first-order valence-corrected chi connectivity index (χ1v) is 13.9. The number of anilines is 1. The largest absolute Gasteiger partial charge is 0.481 e. The number of aliphatic carboxylic acids is 1. The Balaban J connectivity index is 1.92. The zero-order valence-electron chi connectivity index (χ0n) is 24.1. The first kappa shape index (κ1) is 31.5. The molecule has 4 N–H and O–H groups in total. The number of carbonyl (C=O) groups is 2. The molecule has 226 valence electrons. The number of carboxylic acids is 1. The molecule has 0 spiro atoms. The molecule has 0 aliphatic heterocycles. The minimum atomic E-state index is -1.23. The van der Waals surface area contributed by atoms with E-state index in [1.165, 1.54) is 30.5 Å². The van der Waals surface area contributed by atoms with Crippen LogP contribution in [-0.4, -0.2) is 53.9 Å². The number of rotatable bonds is 12. The highest BCUT2D eigenvalue weighted by Crippen LogP contribution is 2.43. The Morgan fingerprint density at radius 1 is 0.907 bits per heavy atom. The van der Waals surface area contributed by atoms with Gasteiger partial charge in [-0.05, 0) is 81.5 Å². The van der Waals surface area contributed by atoms with Gasteiger partial charge in [0.1, 0.15) is 17.3 Å². The molecule has 2 heterocycles. The van der Waals surface area contributed by atoms with Gasteiger partial charge < -0.3 is 19.9 Å². The van der Waals surface area contributed by atoms with Gasteiger partial charge in [0.25, 0.3) is 5.91 Å². The molecule has 0 radical (unpaired) electrons. The van der Waals surface area contributed by atoms with Crippen LogP contribution in [0.3, 0.4) is 0 Å². The number of carboxylic acid groups (broad SMARTS) is 1. The number of aliphatic hydroxyl groups is 2. The predicted molar refractivity (Wildman–Crippen MR) is 158 cm³/mol. The third kappa shape index (κ3) is 7.68. The van der Waals surface area contributed by atoms with Crippen molar-refractivity contribution < 1.29 is 33.7 Å². The van der Waals surface area contributed by atoms with Crippen LogP contribution < -0.4 is 5.32 Å². The Labute approximate surface area is 247 Å². The fourth-order valence-electron chi connectivity index (χ4n) is 5.19. The molecule has 2 atom stereocenters. The molecule has 2 aromatic heterocycles. The summed E-state index contributed by atoms with van der Waals surface area (Å²) >= 11 is 0. The van der Waals surface area contributed by atoms with Crippen LogP contribution in [0.4, 0.5) is 14.7 Å². The number of amides is 1. The highest BCUT2D eigenvalue weighted by Gasteiger charge is 2.31. The summed E-state index contributed by atoms with van der Waals surface area (Å²) in [5.41, 5.74) is 3.72. The molecule has 0 aliphatic rings. The van der Waals surface area contributed by atoms with Crippen LogP contribution in [0.25, 0.3) is 22.3 Å². The van der Waals surface area contributed by atoms with E-state index in [1.54, 1.807) is 37.3 Å². The number of halogens is 2. The normalized spacial score (nSPS) is 12.7. The number of nitrogens with one attached hydrogen (secondary N) is 1. The molecule has 0 bridgehead atoms. The van der Waals surface area contributed by atoms with Crippen molar-refractivity contribution in [1.29, 1.82) is 0 Å². The minimum absolute atomic E-state index is 0.0966. The summed E-state index contributed by atoms with van der Waals surface area (Å²) in [4.78, 5) is 33.5. The lowest BCUT2D eigenvalue weighted by Crippen LogP contribution is -2.23. The predicted octanol–water partition coefficient (Wildman–Crippen LogP) is 5.55. The van der Waals surface area contributed by atoms with Crippen LogP contribution in [0.2, 0.25) is 0 Å². The lowest BCUT2D eigenvalue weighted by molar-refractivity contribution is -0.139. The molecular weight excluding hydrogens is 558 g/mol. The fraction of sp³-hybridized carbons (Fsp3) is 0.312. The van der Waals surface area contributed by atoms with Crippen molar-refractivity contribution in [3.63, 3.8) is 0 Å². The van der Waals surface area contributed by atoms with Crippen LogP contribution in [0, 0.1) is 18.6 Å². The van der Waals surface area contributed by atoms with Gasteiger partial charge in [0.15, 0.2) is 0 Å². The average Bonchev–Trinajstić information content (AvgIpc) is 3.28. The van der Waals surface area contributed by atoms with Gasteiger partial charge >= 0.3 is 5.97 Å². The van der Waals surface area contributed by atoms with Crippen LogP contribution in [0.15, 0.2) is 60.8 Å². The highest BCUT2D eigenvalue weighted by molar-refractivity contribution is 6.10. The molecule has 4 aromatic rings. The molecule has 1 amide bonds. The van der Waals surface area contributed by atoms with Crippen molar-refractivity contribution in [3.05, 3.63) is 89.5 Å². The monoisotopic (exact) mass is 592 g/mol. The third-order valence-corrected chi connectivity index (χ3v) is 6.99. The Morgan fingerprint density at radius 3 is 2.02 bits per heavy atom. The lowest BCUT2D eigenvalue weighted by Gasteiger charge is -2.20. The quantitative estimate of drug-likeness (QED) is 0.169. The van der Waals surface area contributed by atoms with Crippen molar-refractivity contribution in [3.8, 4) is 22.3 Å². The number of benzene rings is 2. The molecule has 0 fully saturated rings. The second-order valence-electron chi connectivity index (χ2n) is 10.7. The first-order chi connectivity index (χ1) is 20.4. The Morgan fingerprint density at radius 2 is 1.49 bits per heavy atom. The van der Waals surface area contributed by atoms with Gasteiger partial charge in [0.05, 0.1) is 18.6 Å². The van der Waals surface area contributed by atoms with Gasteiger partial charge in [0, 0.05) is 34.8 Å². The second kappa shape index (κ2) is 13.7. The van der Waals surface area contributed by atoms with Gasteiger partial charge in [-0.25, -0.2) is 18.7 Å². The summed E-state index contributed by atoms with van der Waals surface area (Å²) < 4.78 is 29.9. The number of hydrogen-bond donors (Lipinski definition) is 4. The topological polar surface area (TPSA) is 138 Å². The van der Waals surface area contributed by atoms with E-state index in [1.807, 2.05) is 18.4 Å². The van der Waals surface area contributed by atoms with Gasteiger partial charge in [0.2, 0.25) is 5.95 Å². The van der Waals surface area contributed by atoms with Gasteiger partial charge in [-0.3, -0.25) is 14.9 Å². The summed E-state index contributed by atoms with van der Waals surface area (Å²) in [6, 6.07) is 12.9. The average molecular weight is 593 g/mol. The molecule has 4 rings (SSSR count). The van der Waals surface area contributed by atoms with Crippen LogP contribution in [0.5, 0.6) is 0 Å². The number of aliphatic hydroxyl groups excluding tert-OH is 2. The van der Waals surface area contributed by atoms with Crippen LogP contribution in [0.1, 0.15) is 61.0 Å². The van der Waals surface area contributed by atoms with Gasteiger partial charge in [-0.1, -0.05) is 24.3 Å². The number of aromatic nitrogens is 3. The second-order valence-corrected chi connectivity index (χ2v) is 10.7. The maximum atomic E-state index is 14.1. The fourth-order valence-corrected chi connectivity index (χ4v) is 5.19. The Bertz CT molecular complexity index is 1590. The number of aryl methyl sites for hydroxylation is 1.